The smallest absolute Gasteiger partial charge is 0.255 e. The Hall–Kier alpha value is -2.89. The van der Waals surface area contributed by atoms with Gasteiger partial charge in [-0.05, 0) is 56.6 Å². The predicted molar refractivity (Wildman–Crippen MR) is 128 cm³/mol. The Kier molecular flexibility index (Phi) is 5.85. The van der Waals surface area contributed by atoms with Gasteiger partial charge in [0, 0.05) is 24.8 Å². The number of carbonyl (C=O) groups is 1. The fourth-order valence-corrected chi connectivity index (χ4v) is 5.49. The summed E-state index contributed by atoms with van der Waals surface area (Å²) >= 11 is 0. The van der Waals surface area contributed by atoms with Crippen molar-refractivity contribution in [1.82, 2.24) is 20.1 Å². The highest BCUT2D eigenvalue weighted by Gasteiger charge is 2.27. The summed E-state index contributed by atoms with van der Waals surface area (Å²) in [5, 5.41) is 12.4. The van der Waals surface area contributed by atoms with Gasteiger partial charge in [0.25, 0.3) is 5.91 Å². The molecule has 0 radical (unpaired) electrons. The molecule has 6 heteroatoms. The van der Waals surface area contributed by atoms with E-state index in [2.05, 4.69) is 58.8 Å². The summed E-state index contributed by atoms with van der Waals surface area (Å²) in [4.78, 5) is 18.1. The zero-order valence-electron chi connectivity index (χ0n) is 19.1. The van der Waals surface area contributed by atoms with Crippen LogP contribution < -0.4 is 10.6 Å². The number of anilines is 1. The highest BCUT2D eigenvalue weighted by atomic mass is 16.1. The van der Waals surface area contributed by atoms with Crippen molar-refractivity contribution < 1.29 is 4.79 Å². The number of nitrogens with zero attached hydrogens (tertiary/aromatic N) is 3. The maximum atomic E-state index is 13.4. The van der Waals surface area contributed by atoms with E-state index in [0.717, 1.165) is 36.1 Å². The van der Waals surface area contributed by atoms with Crippen LogP contribution in [0.5, 0.6) is 0 Å². The van der Waals surface area contributed by atoms with Gasteiger partial charge >= 0.3 is 0 Å². The van der Waals surface area contributed by atoms with Gasteiger partial charge in [-0.3, -0.25) is 4.79 Å². The molecule has 1 aromatic carbocycles. The molecule has 1 amide bonds. The van der Waals surface area contributed by atoms with Gasteiger partial charge < -0.3 is 10.6 Å². The molecule has 2 N–H and O–H groups in total. The standard InChI is InChI=1S/C26H33N5O/c1-3-31-25-22(16-28-31)24(29-17(2)18-9-5-4-6-10-18)23(15-27-25)26(32)30-21-13-19-11-7-8-12-20(19)14-21/h7-8,11-12,15-18,21H,3-6,9-10,13-14H2,1-2H3,(H,27,29)(H,30,32). The van der Waals surface area contributed by atoms with Crippen molar-refractivity contribution >= 4 is 22.6 Å². The van der Waals surface area contributed by atoms with Crippen LogP contribution in [0.3, 0.4) is 0 Å². The lowest BCUT2D eigenvalue weighted by Gasteiger charge is -2.30. The monoisotopic (exact) mass is 431 g/mol. The average molecular weight is 432 g/mol. The van der Waals surface area contributed by atoms with Crippen LogP contribution in [0.1, 0.15) is 67.4 Å². The number of amides is 1. The summed E-state index contributed by atoms with van der Waals surface area (Å²) in [6.07, 6.45) is 11.8. The van der Waals surface area contributed by atoms with E-state index in [4.69, 9.17) is 0 Å². The molecule has 1 fully saturated rings. The third-order valence-corrected chi connectivity index (χ3v) is 7.33. The molecule has 3 aromatic rings. The molecule has 0 bridgehead atoms. The van der Waals surface area contributed by atoms with Crippen LogP contribution in [0.25, 0.3) is 11.0 Å². The molecule has 1 unspecified atom stereocenters. The molecule has 5 rings (SSSR count). The molecule has 1 saturated carbocycles. The summed E-state index contributed by atoms with van der Waals surface area (Å²) in [6.45, 7) is 5.06. The average Bonchev–Trinajstić information content (AvgIpc) is 3.43. The molecule has 0 spiro atoms. The maximum Gasteiger partial charge on any atom is 0.255 e. The number of rotatable bonds is 6. The summed E-state index contributed by atoms with van der Waals surface area (Å²) < 4.78 is 1.89. The van der Waals surface area contributed by atoms with Crippen LogP contribution in [0.15, 0.2) is 36.7 Å². The fourth-order valence-electron chi connectivity index (χ4n) is 5.49. The van der Waals surface area contributed by atoms with E-state index in [-0.39, 0.29) is 11.9 Å². The van der Waals surface area contributed by atoms with Gasteiger partial charge in [-0.15, -0.1) is 0 Å². The molecule has 2 heterocycles. The number of aromatic nitrogens is 3. The molecular weight excluding hydrogens is 398 g/mol. The molecule has 2 aliphatic rings. The molecule has 6 nitrogen and oxygen atoms in total. The highest BCUT2D eigenvalue weighted by molar-refractivity contribution is 6.06. The first-order valence-electron chi connectivity index (χ1n) is 12.1. The van der Waals surface area contributed by atoms with Crippen LogP contribution in [-0.4, -0.2) is 32.8 Å². The van der Waals surface area contributed by atoms with Gasteiger partial charge in [-0.25, -0.2) is 9.67 Å². The van der Waals surface area contributed by atoms with Crippen molar-refractivity contribution in [2.45, 2.75) is 77.4 Å². The molecule has 2 aliphatic carbocycles. The number of pyridine rings is 1. The first-order chi connectivity index (χ1) is 15.6. The highest BCUT2D eigenvalue weighted by Crippen LogP contribution is 2.32. The van der Waals surface area contributed by atoms with Gasteiger partial charge in [0.05, 0.1) is 22.8 Å². The number of benzene rings is 1. The van der Waals surface area contributed by atoms with Gasteiger partial charge in [0.15, 0.2) is 5.65 Å². The van der Waals surface area contributed by atoms with Crippen LogP contribution in [-0.2, 0) is 19.4 Å². The Bertz CT molecular complexity index is 1090. The van der Waals surface area contributed by atoms with Crippen molar-refractivity contribution in [2.24, 2.45) is 5.92 Å². The third-order valence-electron chi connectivity index (χ3n) is 7.33. The van der Waals surface area contributed by atoms with Gasteiger partial charge in [0.2, 0.25) is 0 Å². The van der Waals surface area contributed by atoms with E-state index in [1.165, 1.54) is 43.2 Å². The Labute approximate surface area is 189 Å². The van der Waals surface area contributed by atoms with E-state index < -0.39 is 0 Å². The van der Waals surface area contributed by atoms with E-state index in [0.29, 0.717) is 17.5 Å². The lowest BCUT2D eigenvalue weighted by molar-refractivity contribution is 0.0939. The summed E-state index contributed by atoms with van der Waals surface area (Å²) in [7, 11) is 0. The normalized spacial score (nSPS) is 17.9. The largest absolute Gasteiger partial charge is 0.381 e. The van der Waals surface area contributed by atoms with Crippen molar-refractivity contribution in [3.8, 4) is 0 Å². The fraction of sp³-hybridized carbons (Fsp3) is 0.500. The molecule has 2 aromatic heterocycles. The minimum Gasteiger partial charge on any atom is -0.381 e. The maximum absolute atomic E-state index is 13.4. The molecule has 32 heavy (non-hydrogen) atoms. The summed E-state index contributed by atoms with van der Waals surface area (Å²) in [5.74, 6) is 0.577. The Morgan fingerprint density at radius 3 is 2.53 bits per heavy atom. The molecular formula is C26H33N5O. The first kappa shape index (κ1) is 21.0. The zero-order valence-corrected chi connectivity index (χ0v) is 19.1. The number of nitrogens with one attached hydrogen (secondary N) is 2. The van der Waals surface area contributed by atoms with Crippen LogP contribution in [0.4, 0.5) is 5.69 Å². The summed E-state index contributed by atoms with van der Waals surface area (Å²) in [6, 6.07) is 8.88. The molecule has 168 valence electrons. The minimum atomic E-state index is -0.0557. The number of hydrogen-bond acceptors (Lipinski definition) is 4. The van der Waals surface area contributed by atoms with Gasteiger partial charge in [-0.2, -0.15) is 5.10 Å². The van der Waals surface area contributed by atoms with Crippen LogP contribution in [0, 0.1) is 5.92 Å². The van der Waals surface area contributed by atoms with E-state index in [1.54, 1.807) is 6.20 Å². The second-order valence-electron chi connectivity index (χ2n) is 9.42. The molecule has 1 atom stereocenters. The van der Waals surface area contributed by atoms with Gasteiger partial charge in [0.1, 0.15) is 0 Å². The van der Waals surface area contributed by atoms with Gasteiger partial charge in [-0.1, -0.05) is 43.5 Å². The first-order valence-corrected chi connectivity index (χ1v) is 12.1. The zero-order chi connectivity index (χ0) is 22.1. The Morgan fingerprint density at radius 1 is 1.12 bits per heavy atom. The minimum absolute atomic E-state index is 0.0557. The number of carbonyl (C=O) groups excluding carboxylic acids is 1. The van der Waals surface area contributed by atoms with E-state index in [9.17, 15) is 4.79 Å². The van der Waals surface area contributed by atoms with E-state index >= 15 is 0 Å². The number of aryl methyl sites for hydroxylation is 1. The van der Waals surface area contributed by atoms with Crippen molar-refractivity contribution in [2.75, 3.05) is 5.32 Å². The second kappa shape index (κ2) is 8.93. The third kappa shape index (κ3) is 3.98. The number of hydrogen-bond donors (Lipinski definition) is 2. The van der Waals surface area contributed by atoms with Crippen molar-refractivity contribution in [3.05, 3.63) is 53.3 Å². The van der Waals surface area contributed by atoms with E-state index in [1.807, 2.05) is 10.9 Å². The van der Waals surface area contributed by atoms with Crippen molar-refractivity contribution in [3.63, 3.8) is 0 Å². The van der Waals surface area contributed by atoms with Crippen molar-refractivity contribution in [1.29, 1.82) is 0 Å². The topological polar surface area (TPSA) is 71.8 Å². The second-order valence-corrected chi connectivity index (χ2v) is 9.42. The van der Waals surface area contributed by atoms with Crippen LogP contribution >= 0.6 is 0 Å². The number of fused-ring (bicyclic) bond motifs is 2. The Balaban J connectivity index is 1.42. The molecule has 0 saturated heterocycles. The lowest BCUT2D eigenvalue weighted by Crippen LogP contribution is -2.36. The summed E-state index contributed by atoms with van der Waals surface area (Å²) in [5.41, 5.74) is 4.99. The lowest BCUT2D eigenvalue weighted by atomic mass is 9.84. The predicted octanol–water partition coefficient (Wildman–Crippen LogP) is 4.73. The quantitative estimate of drug-likeness (QED) is 0.592. The van der Waals surface area contributed by atoms with Crippen LogP contribution in [0.2, 0.25) is 0 Å². The SMILES string of the molecule is CCn1ncc2c(NC(C)C3CCCCC3)c(C(=O)NC3Cc4ccccc4C3)cnc21. The molecule has 0 aliphatic heterocycles. The Morgan fingerprint density at radius 2 is 1.84 bits per heavy atom.